The number of carbonyl (C=O) groups is 2. The maximum atomic E-state index is 11.7. The van der Waals surface area contributed by atoms with Crippen molar-refractivity contribution in [2.24, 2.45) is 17.3 Å². The van der Waals surface area contributed by atoms with Gasteiger partial charge in [-0.15, -0.1) is 0 Å². The van der Waals surface area contributed by atoms with Gasteiger partial charge in [0.15, 0.2) is 0 Å². The standard InChI is InChI=1S/C12H13N3O2.Na/c13-6-8-10(16)15-11(17)9(7-14)12(8)4-2-1-3-5-12;/h8-9H,1-5H2,(H,15,16,17);/q;+1. The second-order valence-electron chi connectivity index (χ2n) is 4.77. The normalized spacial score (nSPS) is 29.7. The first kappa shape index (κ1) is 15.2. The molecule has 1 aliphatic carbocycles. The molecule has 1 heterocycles. The van der Waals surface area contributed by atoms with E-state index < -0.39 is 29.1 Å². The third kappa shape index (κ3) is 2.19. The van der Waals surface area contributed by atoms with Gasteiger partial charge in [-0.1, -0.05) is 19.3 Å². The first-order valence-corrected chi connectivity index (χ1v) is 5.79. The second-order valence-corrected chi connectivity index (χ2v) is 4.77. The number of piperidine rings is 1. The Hall–Kier alpha value is -0.880. The molecule has 1 N–H and O–H groups in total. The summed E-state index contributed by atoms with van der Waals surface area (Å²) >= 11 is 0. The predicted molar refractivity (Wildman–Crippen MR) is 56.9 cm³/mol. The van der Waals surface area contributed by atoms with Gasteiger partial charge in [-0.2, -0.15) is 10.5 Å². The number of amides is 2. The van der Waals surface area contributed by atoms with Crippen LogP contribution in [0, 0.1) is 39.9 Å². The number of hydrogen-bond acceptors (Lipinski definition) is 4. The van der Waals surface area contributed by atoms with Gasteiger partial charge < -0.3 is 0 Å². The monoisotopic (exact) mass is 254 g/mol. The molecule has 6 heteroatoms. The number of rotatable bonds is 0. The number of imide groups is 1. The smallest absolute Gasteiger partial charge is 0.294 e. The van der Waals surface area contributed by atoms with E-state index >= 15 is 0 Å². The van der Waals surface area contributed by atoms with E-state index in [2.05, 4.69) is 5.32 Å². The number of nitriles is 2. The Labute approximate surface area is 128 Å². The van der Waals surface area contributed by atoms with Crippen molar-refractivity contribution in [3.05, 3.63) is 0 Å². The van der Waals surface area contributed by atoms with Crippen LogP contribution in [0.2, 0.25) is 0 Å². The summed E-state index contributed by atoms with van der Waals surface area (Å²) in [7, 11) is 0. The van der Waals surface area contributed by atoms with Crippen LogP contribution in [0.15, 0.2) is 0 Å². The Balaban J connectivity index is 0.00000162. The van der Waals surface area contributed by atoms with E-state index in [1.165, 1.54) is 0 Å². The van der Waals surface area contributed by atoms with Crippen LogP contribution in [0.25, 0.3) is 0 Å². The summed E-state index contributed by atoms with van der Waals surface area (Å²) in [5.41, 5.74) is -0.749. The van der Waals surface area contributed by atoms with Crippen molar-refractivity contribution in [3.8, 4) is 12.1 Å². The summed E-state index contributed by atoms with van der Waals surface area (Å²) in [6.45, 7) is 0. The number of nitrogens with one attached hydrogen (secondary N) is 1. The van der Waals surface area contributed by atoms with Gasteiger partial charge in [-0.3, -0.25) is 14.9 Å². The van der Waals surface area contributed by atoms with Crippen molar-refractivity contribution < 1.29 is 39.1 Å². The van der Waals surface area contributed by atoms with Gasteiger partial charge in [-0.05, 0) is 12.8 Å². The molecule has 0 bridgehead atoms. The molecule has 0 aromatic rings. The summed E-state index contributed by atoms with van der Waals surface area (Å²) in [5.74, 6) is -2.81. The quantitative estimate of drug-likeness (QED) is 0.395. The van der Waals surface area contributed by atoms with Crippen LogP contribution in [0.4, 0.5) is 0 Å². The minimum atomic E-state index is -0.870. The number of carbonyl (C=O) groups excluding carboxylic acids is 2. The summed E-state index contributed by atoms with van der Waals surface area (Å²) < 4.78 is 0. The van der Waals surface area contributed by atoms with E-state index in [1.54, 1.807) is 0 Å². The van der Waals surface area contributed by atoms with Crippen molar-refractivity contribution in [1.82, 2.24) is 5.32 Å². The predicted octanol–water partition coefficient (Wildman–Crippen LogP) is -2.12. The first-order valence-electron chi connectivity index (χ1n) is 5.79. The van der Waals surface area contributed by atoms with Gasteiger partial charge in [0, 0.05) is 5.41 Å². The van der Waals surface area contributed by atoms with Crippen LogP contribution in [-0.4, -0.2) is 11.8 Å². The fourth-order valence-corrected chi connectivity index (χ4v) is 3.12. The maximum Gasteiger partial charge on any atom is 1.00 e. The Morgan fingerprint density at radius 1 is 1.00 bits per heavy atom. The van der Waals surface area contributed by atoms with Crippen LogP contribution < -0.4 is 34.9 Å². The molecule has 2 fully saturated rings. The van der Waals surface area contributed by atoms with Gasteiger partial charge >= 0.3 is 29.6 Å². The van der Waals surface area contributed by atoms with Crippen LogP contribution in [0.1, 0.15) is 32.1 Å². The fraction of sp³-hybridized carbons (Fsp3) is 0.667. The number of nitrogens with zero attached hydrogens (tertiary/aromatic N) is 2. The molecule has 1 saturated heterocycles. The largest absolute Gasteiger partial charge is 1.00 e. The van der Waals surface area contributed by atoms with Gasteiger partial charge in [0.2, 0.25) is 11.8 Å². The van der Waals surface area contributed by atoms with Crippen LogP contribution in [0.3, 0.4) is 0 Å². The first-order chi connectivity index (χ1) is 8.15. The fourth-order valence-electron chi connectivity index (χ4n) is 3.12. The van der Waals surface area contributed by atoms with E-state index in [4.69, 9.17) is 10.5 Å². The van der Waals surface area contributed by atoms with Crippen molar-refractivity contribution >= 4 is 11.8 Å². The van der Waals surface area contributed by atoms with E-state index in [0.717, 1.165) is 19.3 Å². The van der Waals surface area contributed by atoms with Gasteiger partial charge in [-0.25, -0.2) is 0 Å². The molecule has 2 amide bonds. The average molecular weight is 254 g/mol. The maximum absolute atomic E-state index is 11.7. The topological polar surface area (TPSA) is 93.8 Å². The molecule has 18 heavy (non-hydrogen) atoms. The van der Waals surface area contributed by atoms with Gasteiger partial charge in [0.1, 0.15) is 11.8 Å². The SMILES string of the molecule is N#CC1C(=O)NC(=O)C(C#N)C12CCCCC2.[Na+]. The van der Waals surface area contributed by atoms with Crippen LogP contribution in [-0.2, 0) is 9.59 Å². The molecule has 0 aromatic carbocycles. The van der Waals surface area contributed by atoms with Crippen molar-refractivity contribution in [1.29, 1.82) is 10.5 Å². The molecule has 5 nitrogen and oxygen atoms in total. The zero-order chi connectivity index (χ0) is 12.5. The van der Waals surface area contributed by atoms with Crippen molar-refractivity contribution in [2.45, 2.75) is 32.1 Å². The summed E-state index contributed by atoms with van der Waals surface area (Å²) in [6.07, 6.45) is 4.01. The Kier molecular flexibility index (Phi) is 4.92. The molecule has 2 unspecified atom stereocenters. The molecular weight excluding hydrogens is 241 g/mol. The van der Waals surface area contributed by atoms with E-state index in [-0.39, 0.29) is 29.6 Å². The third-order valence-corrected chi connectivity index (χ3v) is 3.96. The Morgan fingerprint density at radius 3 is 1.83 bits per heavy atom. The minimum absolute atomic E-state index is 0. The summed E-state index contributed by atoms with van der Waals surface area (Å²) in [4.78, 5) is 23.4. The Bertz CT molecular complexity index is 409. The molecule has 1 spiro atoms. The van der Waals surface area contributed by atoms with Gasteiger partial charge in [0.25, 0.3) is 0 Å². The number of hydrogen-bond donors (Lipinski definition) is 1. The molecule has 2 atom stereocenters. The van der Waals surface area contributed by atoms with Crippen molar-refractivity contribution in [2.75, 3.05) is 0 Å². The molecule has 0 radical (unpaired) electrons. The zero-order valence-corrected chi connectivity index (χ0v) is 12.4. The van der Waals surface area contributed by atoms with Gasteiger partial charge in [0.05, 0.1) is 12.1 Å². The second kappa shape index (κ2) is 5.84. The Morgan fingerprint density at radius 2 is 1.44 bits per heavy atom. The zero-order valence-electron chi connectivity index (χ0n) is 10.4. The van der Waals surface area contributed by atoms with Crippen LogP contribution >= 0.6 is 0 Å². The third-order valence-electron chi connectivity index (χ3n) is 3.96. The van der Waals surface area contributed by atoms with Crippen molar-refractivity contribution in [3.63, 3.8) is 0 Å². The van der Waals surface area contributed by atoms with Crippen LogP contribution in [0.5, 0.6) is 0 Å². The molecule has 2 aliphatic rings. The summed E-state index contributed by atoms with van der Waals surface area (Å²) in [6, 6.07) is 3.97. The summed E-state index contributed by atoms with van der Waals surface area (Å²) in [5, 5.41) is 20.4. The molecule has 0 aromatic heterocycles. The average Bonchev–Trinajstić information content (AvgIpc) is 2.30. The van der Waals surface area contributed by atoms with E-state index in [0.29, 0.717) is 12.8 Å². The minimum Gasteiger partial charge on any atom is -0.294 e. The molecule has 1 saturated carbocycles. The molecule has 2 rings (SSSR count). The van der Waals surface area contributed by atoms with E-state index in [1.807, 2.05) is 12.1 Å². The molecule has 88 valence electrons. The molecular formula is C12H13N3NaO2+. The van der Waals surface area contributed by atoms with E-state index in [9.17, 15) is 9.59 Å². The molecule has 1 aliphatic heterocycles.